The first kappa shape index (κ1) is 16.7. The number of piperazine rings is 1. The van der Waals surface area contributed by atoms with Crippen LogP contribution in [-0.4, -0.2) is 53.9 Å². The van der Waals surface area contributed by atoms with Gasteiger partial charge >= 0.3 is 0 Å². The summed E-state index contributed by atoms with van der Waals surface area (Å²) in [6, 6.07) is 2.21. The molecular formula is C18H26N4O2. The van der Waals surface area contributed by atoms with Crippen molar-refractivity contribution >= 4 is 17.5 Å². The zero-order valence-electron chi connectivity index (χ0n) is 14.3. The third kappa shape index (κ3) is 4.04. The van der Waals surface area contributed by atoms with Crippen molar-refractivity contribution in [2.24, 2.45) is 0 Å². The number of nitrogens with one attached hydrogen (secondary N) is 1. The molecule has 1 N–H and O–H groups in total. The summed E-state index contributed by atoms with van der Waals surface area (Å²) in [5.74, 6) is 0.0898. The molecule has 0 unspecified atom stereocenters. The number of pyridine rings is 1. The van der Waals surface area contributed by atoms with Gasteiger partial charge in [-0.3, -0.25) is 14.6 Å². The van der Waals surface area contributed by atoms with Crippen LogP contribution in [0.4, 0.5) is 5.69 Å². The van der Waals surface area contributed by atoms with Gasteiger partial charge in [0.1, 0.15) is 0 Å². The predicted octanol–water partition coefficient (Wildman–Crippen LogP) is 1.81. The molecule has 0 aromatic carbocycles. The summed E-state index contributed by atoms with van der Waals surface area (Å²) in [4.78, 5) is 32.2. The molecule has 24 heavy (non-hydrogen) atoms. The first-order valence-electron chi connectivity index (χ1n) is 8.90. The van der Waals surface area contributed by atoms with Crippen molar-refractivity contribution in [2.75, 3.05) is 31.1 Å². The number of hydrogen-bond donors (Lipinski definition) is 1. The highest BCUT2D eigenvalue weighted by molar-refractivity contribution is 5.95. The van der Waals surface area contributed by atoms with Gasteiger partial charge < -0.3 is 15.1 Å². The molecule has 2 amide bonds. The van der Waals surface area contributed by atoms with Gasteiger partial charge in [-0.2, -0.15) is 0 Å². The van der Waals surface area contributed by atoms with E-state index in [1.807, 2.05) is 11.0 Å². The Morgan fingerprint density at radius 3 is 2.46 bits per heavy atom. The fourth-order valence-electron chi connectivity index (χ4n) is 3.52. The van der Waals surface area contributed by atoms with Crippen LogP contribution in [0.5, 0.6) is 0 Å². The lowest BCUT2D eigenvalue weighted by atomic mass is 9.95. The van der Waals surface area contributed by atoms with Gasteiger partial charge in [0.15, 0.2) is 0 Å². The van der Waals surface area contributed by atoms with Gasteiger partial charge in [0.05, 0.1) is 17.4 Å². The summed E-state index contributed by atoms with van der Waals surface area (Å²) in [6.07, 6.45) is 9.25. The van der Waals surface area contributed by atoms with E-state index in [2.05, 4.69) is 15.2 Å². The average Bonchev–Trinajstić information content (AvgIpc) is 2.63. The number of aromatic nitrogens is 1. The molecule has 3 rings (SSSR count). The van der Waals surface area contributed by atoms with Crippen LogP contribution in [0.15, 0.2) is 18.5 Å². The third-order valence-electron chi connectivity index (χ3n) is 5.02. The Kier molecular flexibility index (Phi) is 5.33. The normalized spacial score (nSPS) is 19.2. The lowest BCUT2D eigenvalue weighted by Crippen LogP contribution is -2.48. The van der Waals surface area contributed by atoms with Crippen LogP contribution in [0.25, 0.3) is 0 Å². The van der Waals surface area contributed by atoms with Crippen molar-refractivity contribution in [3.05, 3.63) is 24.0 Å². The molecule has 6 nitrogen and oxygen atoms in total. The van der Waals surface area contributed by atoms with E-state index in [1.54, 1.807) is 19.3 Å². The molecule has 2 fully saturated rings. The molecule has 0 spiro atoms. The molecule has 1 aliphatic heterocycles. The minimum absolute atomic E-state index is 0.0291. The SMILES string of the molecule is CC(=O)N1CCN(c2cncc(C(=O)NC3CCCCC3)c2)CC1. The number of rotatable bonds is 3. The molecule has 1 aromatic heterocycles. The molecule has 1 saturated heterocycles. The maximum atomic E-state index is 12.5. The molecule has 2 heterocycles. The summed E-state index contributed by atoms with van der Waals surface area (Å²) in [5.41, 5.74) is 1.57. The van der Waals surface area contributed by atoms with Crippen LogP contribution >= 0.6 is 0 Å². The highest BCUT2D eigenvalue weighted by atomic mass is 16.2. The van der Waals surface area contributed by atoms with Crippen molar-refractivity contribution in [1.82, 2.24) is 15.2 Å². The van der Waals surface area contributed by atoms with E-state index in [9.17, 15) is 9.59 Å². The number of hydrogen-bond acceptors (Lipinski definition) is 4. The Morgan fingerprint density at radius 2 is 1.79 bits per heavy atom. The Hall–Kier alpha value is -2.11. The van der Waals surface area contributed by atoms with Gasteiger partial charge in [-0.1, -0.05) is 19.3 Å². The Labute approximate surface area is 143 Å². The molecule has 0 radical (unpaired) electrons. The maximum absolute atomic E-state index is 12.5. The molecule has 0 bridgehead atoms. The lowest BCUT2D eigenvalue weighted by Gasteiger charge is -2.35. The van der Waals surface area contributed by atoms with Gasteiger partial charge in [0, 0.05) is 45.3 Å². The number of anilines is 1. The molecule has 1 saturated carbocycles. The first-order chi connectivity index (χ1) is 11.6. The maximum Gasteiger partial charge on any atom is 0.253 e. The zero-order valence-corrected chi connectivity index (χ0v) is 14.3. The van der Waals surface area contributed by atoms with Crippen LogP contribution in [0.3, 0.4) is 0 Å². The monoisotopic (exact) mass is 330 g/mol. The highest BCUT2D eigenvalue weighted by Crippen LogP contribution is 2.20. The van der Waals surface area contributed by atoms with Crippen LogP contribution < -0.4 is 10.2 Å². The van der Waals surface area contributed by atoms with E-state index < -0.39 is 0 Å². The van der Waals surface area contributed by atoms with E-state index >= 15 is 0 Å². The molecule has 1 aromatic rings. The lowest BCUT2D eigenvalue weighted by molar-refractivity contribution is -0.129. The minimum atomic E-state index is -0.0291. The van der Waals surface area contributed by atoms with Gasteiger partial charge in [-0.05, 0) is 18.9 Å². The standard InChI is InChI=1S/C18H26N4O2/c1-14(23)21-7-9-22(10-8-21)17-11-15(12-19-13-17)18(24)20-16-5-3-2-4-6-16/h11-13,16H,2-10H2,1H3,(H,20,24). The Bertz CT molecular complexity index is 590. The predicted molar refractivity (Wildman–Crippen MR) is 93.0 cm³/mol. The highest BCUT2D eigenvalue weighted by Gasteiger charge is 2.21. The molecule has 2 aliphatic rings. The molecule has 0 atom stereocenters. The molecular weight excluding hydrogens is 304 g/mol. The topological polar surface area (TPSA) is 65.5 Å². The number of nitrogens with zero attached hydrogens (tertiary/aromatic N) is 3. The second kappa shape index (κ2) is 7.64. The Balaban J connectivity index is 1.61. The molecule has 130 valence electrons. The fourth-order valence-corrected chi connectivity index (χ4v) is 3.52. The summed E-state index contributed by atoms with van der Waals surface area (Å²) >= 11 is 0. The summed E-state index contributed by atoms with van der Waals surface area (Å²) < 4.78 is 0. The fraction of sp³-hybridized carbons (Fsp3) is 0.611. The van der Waals surface area contributed by atoms with Crippen LogP contribution in [0.1, 0.15) is 49.4 Å². The second-order valence-electron chi connectivity index (χ2n) is 6.73. The average molecular weight is 330 g/mol. The van der Waals surface area contributed by atoms with E-state index in [0.717, 1.165) is 31.6 Å². The molecule has 6 heteroatoms. The largest absolute Gasteiger partial charge is 0.367 e. The van der Waals surface area contributed by atoms with Crippen molar-refractivity contribution in [3.8, 4) is 0 Å². The minimum Gasteiger partial charge on any atom is -0.367 e. The Morgan fingerprint density at radius 1 is 1.08 bits per heavy atom. The van der Waals surface area contributed by atoms with E-state index in [0.29, 0.717) is 24.7 Å². The zero-order chi connectivity index (χ0) is 16.9. The quantitative estimate of drug-likeness (QED) is 0.918. The van der Waals surface area contributed by atoms with E-state index in [1.165, 1.54) is 19.3 Å². The van der Waals surface area contributed by atoms with Gasteiger partial charge in [0.2, 0.25) is 5.91 Å². The molecule has 1 aliphatic carbocycles. The van der Waals surface area contributed by atoms with Crippen molar-refractivity contribution < 1.29 is 9.59 Å². The van der Waals surface area contributed by atoms with Gasteiger partial charge in [0.25, 0.3) is 5.91 Å². The first-order valence-corrected chi connectivity index (χ1v) is 8.90. The van der Waals surface area contributed by atoms with Crippen molar-refractivity contribution in [2.45, 2.75) is 45.1 Å². The van der Waals surface area contributed by atoms with Crippen LogP contribution in [0.2, 0.25) is 0 Å². The van der Waals surface area contributed by atoms with Crippen LogP contribution in [-0.2, 0) is 4.79 Å². The second-order valence-corrected chi connectivity index (χ2v) is 6.73. The van der Waals surface area contributed by atoms with E-state index in [-0.39, 0.29) is 11.8 Å². The number of amides is 2. The number of carbonyl (C=O) groups is 2. The van der Waals surface area contributed by atoms with Crippen molar-refractivity contribution in [3.63, 3.8) is 0 Å². The van der Waals surface area contributed by atoms with Crippen molar-refractivity contribution in [1.29, 1.82) is 0 Å². The van der Waals surface area contributed by atoms with E-state index in [4.69, 9.17) is 0 Å². The summed E-state index contributed by atoms with van der Waals surface area (Å²) in [7, 11) is 0. The summed E-state index contributed by atoms with van der Waals surface area (Å²) in [6.45, 7) is 4.58. The number of carbonyl (C=O) groups excluding carboxylic acids is 2. The van der Waals surface area contributed by atoms with Crippen LogP contribution in [0, 0.1) is 0 Å². The van der Waals surface area contributed by atoms with Gasteiger partial charge in [-0.25, -0.2) is 0 Å². The van der Waals surface area contributed by atoms with Gasteiger partial charge in [-0.15, -0.1) is 0 Å². The smallest absolute Gasteiger partial charge is 0.253 e. The summed E-state index contributed by atoms with van der Waals surface area (Å²) in [5, 5.41) is 3.14. The third-order valence-corrected chi connectivity index (χ3v) is 5.02.